The highest BCUT2D eigenvalue weighted by molar-refractivity contribution is 4.77. The third-order valence-electron chi connectivity index (χ3n) is 3.40. The molecule has 1 atom stereocenters. The van der Waals surface area contributed by atoms with E-state index >= 15 is 0 Å². The lowest BCUT2D eigenvalue weighted by Crippen LogP contribution is -2.42. The van der Waals surface area contributed by atoms with Gasteiger partial charge in [-0.1, -0.05) is 6.92 Å². The molecule has 0 aromatic heterocycles. The lowest BCUT2D eigenvalue weighted by molar-refractivity contribution is 0.153. The van der Waals surface area contributed by atoms with Gasteiger partial charge in [-0.15, -0.1) is 0 Å². The van der Waals surface area contributed by atoms with E-state index in [-0.39, 0.29) is 0 Å². The molecule has 1 heterocycles. The minimum atomic E-state index is 0.311. The lowest BCUT2D eigenvalue weighted by Gasteiger charge is -2.33. The monoisotopic (exact) mass is 198 g/mol. The highest BCUT2D eigenvalue weighted by Gasteiger charge is 2.21. The summed E-state index contributed by atoms with van der Waals surface area (Å²) in [5.74, 6) is 0.912. The first-order valence-electron chi connectivity index (χ1n) is 5.83. The van der Waals surface area contributed by atoms with Crippen LogP contribution in [0.15, 0.2) is 0 Å². The number of hydrogen-bond donors (Lipinski definition) is 0. The van der Waals surface area contributed by atoms with Gasteiger partial charge in [-0.25, -0.2) is 0 Å². The predicted octanol–water partition coefficient (Wildman–Crippen LogP) is 2.06. The van der Waals surface area contributed by atoms with Crippen LogP contribution in [-0.2, 0) is 0 Å². The quantitative estimate of drug-likeness (QED) is 0.685. The first kappa shape index (κ1) is 12.0. The minimum Gasteiger partial charge on any atom is -0.302 e. The molecular weight excluding hydrogens is 172 g/mol. The molecule has 0 aromatic rings. The fourth-order valence-electron chi connectivity index (χ4n) is 1.86. The van der Waals surface area contributed by atoms with Gasteiger partial charge in [0.2, 0.25) is 0 Å². The zero-order valence-electron chi connectivity index (χ0n) is 10.5. The molecule has 0 N–H and O–H groups in total. The van der Waals surface area contributed by atoms with Crippen LogP contribution in [0.4, 0.5) is 0 Å². The molecule has 0 bridgehead atoms. The van der Waals surface area contributed by atoms with Crippen molar-refractivity contribution in [3.63, 3.8) is 0 Å². The maximum atomic E-state index is 2.59. The van der Waals surface area contributed by atoms with Crippen LogP contribution in [0.2, 0.25) is 0 Å². The predicted molar refractivity (Wildman–Crippen MR) is 62.6 cm³/mol. The van der Waals surface area contributed by atoms with Gasteiger partial charge in [0.1, 0.15) is 0 Å². The Morgan fingerprint density at radius 2 is 2.00 bits per heavy atom. The standard InChI is InChI=1S/C12H26N2/c1-11-6-7-14(10-11)9-8-13(5)12(2,3)4/h11H,6-10H2,1-5H3/t11-/m0/s1. The molecule has 2 heteroatoms. The van der Waals surface area contributed by atoms with E-state index in [0.717, 1.165) is 5.92 Å². The van der Waals surface area contributed by atoms with Crippen molar-refractivity contribution in [1.82, 2.24) is 9.80 Å². The Balaban J connectivity index is 2.21. The van der Waals surface area contributed by atoms with Gasteiger partial charge in [0.15, 0.2) is 0 Å². The van der Waals surface area contributed by atoms with E-state index in [1.807, 2.05) is 0 Å². The zero-order chi connectivity index (χ0) is 10.8. The second-order valence-corrected chi connectivity index (χ2v) is 5.79. The van der Waals surface area contributed by atoms with Gasteiger partial charge >= 0.3 is 0 Å². The maximum Gasteiger partial charge on any atom is 0.0122 e. The molecule has 14 heavy (non-hydrogen) atoms. The molecule has 1 aliphatic rings. The molecule has 2 nitrogen and oxygen atoms in total. The lowest BCUT2D eigenvalue weighted by atomic mass is 10.1. The molecule has 1 rings (SSSR count). The molecule has 84 valence electrons. The molecule has 1 fully saturated rings. The molecule has 0 aliphatic carbocycles. The topological polar surface area (TPSA) is 6.48 Å². The van der Waals surface area contributed by atoms with Gasteiger partial charge in [0, 0.05) is 25.2 Å². The highest BCUT2D eigenvalue weighted by atomic mass is 15.2. The number of likely N-dealkylation sites (tertiary alicyclic amines) is 1. The van der Waals surface area contributed by atoms with Crippen molar-refractivity contribution in [2.75, 3.05) is 33.2 Å². The number of rotatable bonds is 3. The highest BCUT2D eigenvalue weighted by Crippen LogP contribution is 2.15. The molecule has 0 spiro atoms. The second kappa shape index (κ2) is 4.63. The van der Waals surface area contributed by atoms with Crippen LogP contribution >= 0.6 is 0 Å². The third kappa shape index (κ3) is 3.58. The van der Waals surface area contributed by atoms with Crippen molar-refractivity contribution in [1.29, 1.82) is 0 Å². The summed E-state index contributed by atoms with van der Waals surface area (Å²) in [6, 6.07) is 0. The summed E-state index contributed by atoms with van der Waals surface area (Å²) in [6.45, 7) is 14.2. The maximum absolute atomic E-state index is 2.59. The van der Waals surface area contributed by atoms with Gasteiger partial charge in [0.05, 0.1) is 0 Å². The molecule has 0 saturated carbocycles. The van der Waals surface area contributed by atoms with E-state index < -0.39 is 0 Å². The van der Waals surface area contributed by atoms with Gasteiger partial charge < -0.3 is 9.80 Å². The van der Waals surface area contributed by atoms with Crippen LogP contribution in [0.3, 0.4) is 0 Å². The molecule has 0 radical (unpaired) electrons. The Kier molecular flexibility index (Phi) is 3.96. The Bertz CT molecular complexity index is 172. The van der Waals surface area contributed by atoms with Gasteiger partial charge in [-0.2, -0.15) is 0 Å². The molecule has 0 amide bonds. The van der Waals surface area contributed by atoms with Crippen LogP contribution in [0.1, 0.15) is 34.1 Å². The zero-order valence-corrected chi connectivity index (χ0v) is 10.5. The first-order valence-corrected chi connectivity index (χ1v) is 5.83. The van der Waals surface area contributed by atoms with E-state index in [1.54, 1.807) is 0 Å². The average Bonchev–Trinajstić information content (AvgIpc) is 2.45. The number of likely N-dealkylation sites (N-methyl/N-ethyl adjacent to an activating group) is 1. The Hall–Kier alpha value is -0.0800. The largest absolute Gasteiger partial charge is 0.302 e. The summed E-state index contributed by atoms with van der Waals surface area (Å²) >= 11 is 0. The van der Waals surface area contributed by atoms with Crippen molar-refractivity contribution in [2.24, 2.45) is 5.92 Å². The van der Waals surface area contributed by atoms with Crippen molar-refractivity contribution in [3.8, 4) is 0 Å². The van der Waals surface area contributed by atoms with Crippen LogP contribution in [-0.4, -0.2) is 48.6 Å². The van der Waals surface area contributed by atoms with E-state index in [1.165, 1.54) is 32.6 Å². The number of hydrogen-bond acceptors (Lipinski definition) is 2. The normalized spacial score (nSPS) is 24.9. The molecule has 0 aromatic carbocycles. The second-order valence-electron chi connectivity index (χ2n) is 5.79. The van der Waals surface area contributed by atoms with E-state index in [0.29, 0.717) is 5.54 Å². The van der Waals surface area contributed by atoms with Gasteiger partial charge in [-0.05, 0) is 46.7 Å². The van der Waals surface area contributed by atoms with E-state index in [4.69, 9.17) is 0 Å². The average molecular weight is 198 g/mol. The van der Waals surface area contributed by atoms with Crippen LogP contribution in [0.5, 0.6) is 0 Å². The fraction of sp³-hybridized carbons (Fsp3) is 1.00. The summed E-state index contributed by atoms with van der Waals surface area (Å²) in [5, 5.41) is 0. The SMILES string of the molecule is C[C@H]1CCN(CCN(C)C(C)(C)C)C1. The first-order chi connectivity index (χ1) is 6.39. The van der Waals surface area contributed by atoms with Crippen LogP contribution in [0.25, 0.3) is 0 Å². The summed E-state index contributed by atoms with van der Waals surface area (Å²) in [5.41, 5.74) is 0.311. The minimum absolute atomic E-state index is 0.311. The number of nitrogens with zero attached hydrogens (tertiary/aromatic N) is 2. The van der Waals surface area contributed by atoms with Crippen LogP contribution in [0, 0.1) is 5.92 Å². The van der Waals surface area contributed by atoms with Crippen molar-refractivity contribution in [3.05, 3.63) is 0 Å². The van der Waals surface area contributed by atoms with Crippen molar-refractivity contribution >= 4 is 0 Å². The fourth-order valence-corrected chi connectivity index (χ4v) is 1.86. The smallest absolute Gasteiger partial charge is 0.0122 e. The third-order valence-corrected chi connectivity index (χ3v) is 3.40. The molecular formula is C12H26N2. The molecule has 1 saturated heterocycles. The molecule has 1 aliphatic heterocycles. The summed E-state index contributed by atoms with van der Waals surface area (Å²) in [4.78, 5) is 5.03. The summed E-state index contributed by atoms with van der Waals surface area (Å²) < 4.78 is 0. The Labute approximate surface area is 89.3 Å². The van der Waals surface area contributed by atoms with Gasteiger partial charge in [0.25, 0.3) is 0 Å². The van der Waals surface area contributed by atoms with E-state index in [9.17, 15) is 0 Å². The van der Waals surface area contributed by atoms with Crippen molar-refractivity contribution < 1.29 is 0 Å². The van der Waals surface area contributed by atoms with Crippen molar-refractivity contribution in [2.45, 2.75) is 39.7 Å². The van der Waals surface area contributed by atoms with Gasteiger partial charge in [-0.3, -0.25) is 0 Å². The van der Waals surface area contributed by atoms with Crippen LogP contribution < -0.4 is 0 Å². The summed E-state index contributed by atoms with van der Waals surface area (Å²) in [6.07, 6.45) is 1.39. The Morgan fingerprint density at radius 1 is 1.36 bits per heavy atom. The van der Waals surface area contributed by atoms with E-state index in [2.05, 4.69) is 44.5 Å². The Morgan fingerprint density at radius 3 is 2.43 bits per heavy atom. The summed E-state index contributed by atoms with van der Waals surface area (Å²) in [7, 11) is 2.22. The molecule has 0 unspecified atom stereocenters.